The minimum Gasteiger partial charge on any atom is -0.444 e. The molecule has 2 saturated heterocycles. The van der Waals surface area contributed by atoms with Crippen molar-refractivity contribution in [2.45, 2.75) is 98.6 Å². The molecule has 0 saturated carbocycles. The third kappa shape index (κ3) is 9.41. The molecule has 4 heterocycles. The number of nitrogens with zero attached hydrogens (tertiary/aromatic N) is 6. The van der Waals surface area contributed by atoms with Crippen LogP contribution in [0.4, 0.5) is 21.2 Å². The lowest BCUT2D eigenvalue weighted by molar-refractivity contribution is -0.0641. The Kier molecular flexibility index (Phi) is 11.6. The number of ether oxygens (including phenoxy) is 2. The van der Waals surface area contributed by atoms with Crippen LogP contribution < -0.4 is 10.6 Å². The van der Waals surface area contributed by atoms with Crippen molar-refractivity contribution in [3.8, 4) is 11.3 Å². The Labute approximate surface area is 272 Å². The van der Waals surface area contributed by atoms with Crippen LogP contribution in [-0.4, -0.2) is 85.7 Å². The second-order valence-corrected chi connectivity index (χ2v) is 12.8. The maximum absolute atomic E-state index is 12.5. The van der Waals surface area contributed by atoms with E-state index in [1.807, 2.05) is 84.5 Å². The molecule has 2 N–H and O–H groups in total. The van der Waals surface area contributed by atoms with Gasteiger partial charge in [-0.05, 0) is 77.6 Å². The van der Waals surface area contributed by atoms with E-state index in [9.17, 15) is 9.59 Å². The van der Waals surface area contributed by atoms with Gasteiger partial charge in [-0.1, -0.05) is 26.0 Å². The fraction of sp³-hybridized carbons (Fsp3) is 0.559. The number of carbonyl (C=O) groups is 2. The molecule has 2 aromatic heterocycles. The molecule has 0 spiro atoms. The van der Waals surface area contributed by atoms with E-state index in [0.29, 0.717) is 38.7 Å². The fourth-order valence-electron chi connectivity index (χ4n) is 5.36. The first-order valence-corrected chi connectivity index (χ1v) is 16.3. The van der Waals surface area contributed by atoms with Crippen molar-refractivity contribution in [1.29, 1.82) is 0 Å². The molecular weight excluding hydrogens is 584 g/mol. The summed E-state index contributed by atoms with van der Waals surface area (Å²) in [6.45, 7) is 18.7. The largest absolute Gasteiger partial charge is 0.444 e. The monoisotopic (exact) mass is 634 g/mol. The number of hydrogen-bond donors (Lipinski definition) is 2. The second kappa shape index (κ2) is 15.4. The first kappa shape index (κ1) is 34.7. The number of hydrogen-bond acceptors (Lipinski definition) is 8. The van der Waals surface area contributed by atoms with E-state index in [4.69, 9.17) is 14.5 Å². The van der Waals surface area contributed by atoms with Gasteiger partial charge in [0.25, 0.3) is 0 Å². The highest BCUT2D eigenvalue weighted by atomic mass is 16.6. The van der Waals surface area contributed by atoms with Gasteiger partial charge in [0.05, 0.1) is 48.9 Å². The Morgan fingerprint density at radius 2 is 1.78 bits per heavy atom. The first-order chi connectivity index (χ1) is 21.9. The Hall–Kier alpha value is -4.19. The van der Waals surface area contributed by atoms with Crippen LogP contribution in [-0.2, 0) is 16.0 Å². The number of aromatic nitrogens is 4. The fourth-order valence-corrected chi connectivity index (χ4v) is 5.36. The maximum Gasteiger partial charge on any atom is 0.410 e. The van der Waals surface area contributed by atoms with Gasteiger partial charge in [-0.15, -0.1) is 0 Å². The summed E-state index contributed by atoms with van der Waals surface area (Å²) in [5.41, 5.74) is 4.17. The van der Waals surface area contributed by atoms with Crippen LogP contribution in [0, 0.1) is 6.92 Å². The smallest absolute Gasteiger partial charge is 0.410 e. The summed E-state index contributed by atoms with van der Waals surface area (Å²) in [5.74, 6) is 0.477. The van der Waals surface area contributed by atoms with Gasteiger partial charge in [-0.3, -0.25) is 4.68 Å². The summed E-state index contributed by atoms with van der Waals surface area (Å²) in [4.78, 5) is 37.5. The van der Waals surface area contributed by atoms with Crippen LogP contribution in [0.5, 0.6) is 0 Å². The number of carbonyl (C=O) groups excluding carboxylic acids is 2. The highest BCUT2D eigenvalue weighted by Gasteiger charge is 2.32. The maximum atomic E-state index is 12.5. The Morgan fingerprint density at radius 1 is 1.07 bits per heavy atom. The standard InChI is InChI=1S/C32H44N8O4.C2H6/c1-21(2)43-27-19-39(20-27)30(41)34-16-24-8-7-23(15-22(24)3)28-9-12-33-29(37-28)36-25-17-35-40(18-25)26-10-13-38(14-11-26)31(42)44-32(4,5)6;1-2/h7-9,12,15,17-18,21,26-27H,10-11,13-14,16,19-20H2,1-6H3,(H,34,41)(H,33,36,37);1-2H3. The van der Waals surface area contributed by atoms with Crippen LogP contribution >= 0.6 is 0 Å². The molecule has 0 unspecified atom stereocenters. The van der Waals surface area contributed by atoms with Crippen molar-refractivity contribution < 1.29 is 19.1 Å². The summed E-state index contributed by atoms with van der Waals surface area (Å²) in [5, 5.41) is 10.8. The van der Waals surface area contributed by atoms with Crippen molar-refractivity contribution in [2.75, 3.05) is 31.5 Å². The molecule has 0 bridgehead atoms. The lowest BCUT2D eigenvalue weighted by Crippen LogP contribution is -2.58. The topological polar surface area (TPSA) is 127 Å². The second-order valence-electron chi connectivity index (χ2n) is 12.8. The summed E-state index contributed by atoms with van der Waals surface area (Å²) >= 11 is 0. The molecule has 0 atom stereocenters. The number of aryl methyl sites for hydroxylation is 1. The van der Waals surface area contributed by atoms with Gasteiger partial charge in [0.15, 0.2) is 0 Å². The molecule has 3 aromatic rings. The molecule has 46 heavy (non-hydrogen) atoms. The zero-order valence-electron chi connectivity index (χ0n) is 28.5. The van der Waals surface area contributed by atoms with E-state index in [-0.39, 0.29) is 30.4 Å². The van der Waals surface area contributed by atoms with E-state index in [0.717, 1.165) is 40.9 Å². The normalized spacial score (nSPS) is 15.6. The summed E-state index contributed by atoms with van der Waals surface area (Å²) < 4.78 is 13.2. The molecule has 12 heteroatoms. The quantitative estimate of drug-likeness (QED) is 0.295. The van der Waals surface area contributed by atoms with Gasteiger partial charge in [-0.25, -0.2) is 19.6 Å². The molecule has 0 radical (unpaired) electrons. The molecule has 2 aliphatic rings. The molecule has 2 fully saturated rings. The van der Waals surface area contributed by atoms with Crippen molar-refractivity contribution in [3.63, 3.8) is 0 Å². The van der Waals surface area contributed by atoms with Gasteiger partial charge in [0, 0.05) is 37.6 Å². The van der Waals surface area contributed by atoms with E-state index in [1.165, 1.54) is 0 Å². The average molecular weight is 635 g/mol. The van der Waals surface area contributed by atoms with Crippen molar-refractivity contribution in [3.05, 3.63) is 54.0 Å². The number of likely N-dealkylation sites (tertiary alicyclic amines) is 2. The van der Waals surface area contributed by atoms with E-state index in [1.54, 1.807) is 22.2 Å². The highest BCUT2D eigenvalue weighted by molar-refractivity contribution is 5.75. The van der Waals surface area contributed by atoms with Crippen LogP contribution in [0.1, 0.15) is 78.5 Å². The van der Waals surface area contributed by atoms with Gasteiger partial charge in [0.1, 0.15) is 5.60 Å². The lowest BCUT2D eigenvalue weighted by Gasteiger charge is -2.39. The molecule has 0 aliphatic carbocycles. The third-order valence-electron chi connectivity index (χ3n) is 7.67. The number of urea groups is 1. The van der Waals surface area contributed by atoms with Gasteiger partial charge < -0.3 is 29.9 Å². The molecule has 12 nitrogen and oxygen atoms in total. The molecule has 250 valence electrons. The number of benzene rings is 1. The van der Waals surface area contributed by atoms with Crippen LogP contribution in [0.2, 0.25) is 0 Å². The zero-order valence-corrected chi connectivity index (χ0v) is 28.5. The number of piperidine rings is 1. The Morgan fingerprint density at radius 3 is 2.43 bits per heavy atom. The van der Waals surface area contributed by atoms with Crippen molar-refractivity contribution >= 4 is 23.8 Å². The minimum absolute atomic E-state index is 0.0711. The van der Waals surface area contributed by atoms with Gasteiger partial charge >= 0.3 is 12.1 Å². The van der Waals surface area contributed by atoms with Crippen LogP contribution in [0.15, 0.2) is 42.9 Å². The number of nitrogens with one attached hydrogen (secondary N) is 2. The number of rotatable bonds is 8. The van der Waals surface area contributed by atoms with Crippen LogP contribution in [0.25, 0.3) is 11.3 Å². The van der Waals surface area contributed by atoms with Crippen molar-refractivity contribution in [2.24, 2.45) is 0 Å². The predicted molar refractivity (Wildman–Crippen MR) is 179 cm³/mol. The SMILES string of the molecule is CC.Cc1cc(-c2ccnc(Nc3cnn(C4CCN(C(=O)OC(C)(C)C)CC4)c3)n2)ccc1CNC(=O)N1CC(OC(C)C)C1. The minimum atomic E-state index is -0.501. The Bertz CT molecular complexity index is 1450. The summed E-state index contributed by atoms with van der Waals surface area (Å²) in [6.07, 6.45) is 7.08. The number of anilines is 2. The predicted octanol–water partition coefficient (Wildman–Crippen LogP) is 6.31. The lowest BCUT2D eigenvalue weighted by atomic mass is 10.0. The molecule has 1 aromatic carbocycles. The molecular formula is C34H50N8O4. The summed E-state index contributed by atoms with van der Waals surface area (Å²) in [6, 6.07) is 8.12. The third-order valence-corrected chi connectivity index (χ3v) is 7.67. The molecule has 2 aliphatic heterocycles. The number of amides is 3. The van der Waals surface area contributed by atoms with Crippen molar-refractivity contribution in [1.82, 2.24) is 34.9 Å². The molecule has 5 rings (SSSR count). The Balaban J connectivity index is 0.00000235. The van der Waals surface area contributed by atoms with E-state index in [2.05, 4.69) is 26.8 Å². The summed E-state index contributed by atoms with van der Waals surface area (Å²) in [7, 11) is 0. The van der Waals surface area contributed by atoms with Gasteiger partial charge in [0.2, 0.25) is 5.95 Å². The van der Waals surface area contributed by atoms with Gasteiger partial charge in [-0.2, -0.15) is 5.10 Å². The average Bonchev–Trinajstić information content (AvgIpc) is 3.46. The van der Waals surface area contributed by atoms with Crippen LogP contribution in [0.3, 0.4) is 0 Å². The van der Waals surface area contributed by atoms with E-state index < -0.39 is 5.60 Å². The zero-order chi connectivity index (χ0) is 33.4. The first-order valence-electron chi connectivity index (χ1n) is 16.3. The molecule has 3 amide bonds. The van der Waals surface area contributed by atoms with E-state index >= 15 is 0 Å². The highest BCUT2D eigenvalue weighted by Crippen LogP contribution is 2.26.